The molecule has 2 aliphatic rings. The van der Waals surface area contributed by atoms with Crippen LogP contribution in [0.1, 0.15) is 39.2 Å². The van der Waals surface area contributed by atoms with Gasteiger partial charge in [0.15, 0.2) is 0 Å². The van der Waals surface area contributed by atoms with Crippen molar-refractivity contribution >= 4 is 17.5 Å². The molecule has 0 bridgehead atoms. The lowest BCUT2D eigenvalue weighted by Gasteiger charge is -2.24. The third-order valence-corrected chi connectivity index (χ3v) is 4.30. The number of carbonyl (C=O) groups is 1. The highest BCUT2D eigenvalue weighted by atomic mass is 16.6. The molecule has 0 aliphatic carbocycles. The number of hydrogen-bond donors (Lipinski definition) is 2. The van der Waals surface area contributed by atoms with Gasteiger partial charge in [-0.25, -0.2) is 4.79 Å². The van der Waals surface area contributed by atoms with Gasteiger partial charge in [-0.3, -0.25) is 4.90 Å². The van der Waals surface area contributed by atoms with E-state index in [2.05, 4.69) is 22.8 Å². The number of benzene rings is 1. The average Bonchev–Trinajstić information content (AvgIpc) is 3.12. The molecule has 0 spiro atoms. The number of ether oxygens (including phenoxy) is 1. The normalized spacial score (nSPS) is 20.5. The molecular weight excluding hydrogens is 290 g/mol. The number of amides is 1. The van der Waals surface area contributed by atoms with E-state index in [4.69, 9.17) is 4.74 Å². The summed E-state index contributed by atoms with van der Waals surface area (Å²) in [5.41, 5.74) is 2.85. The van der Waals surface area contributed by atoms with E-state index in [0.717, 1.165) is 30.9 Å². The van der Waals surface area contributed by atoms with Crippen molar-refractivity contribution in [2.75, 3.05) is 29.9 Å². The number of fused-ring (bicyclic) bond motifs is 1. The first-order valence-corrected chi connectivity index (χ1v) is 8.53. The van der Waals surface area contributed by atoms with Gasteiger partial charge in [0.25, 0.3) is 0 Å². The summed E-state index contributed by atoms with van der Waals surface area (Å²) < 4.78 is 5.49. The number of nitrogens with zero attached hydrogens (tertiary/aromatic N) is 1. The summed E-state index contributed by atoms with van der Waals surface area (Å²) in [5.74, 6) is 0. The highest BCUT2D eigenvalue weighted by Gasteiger charge is 2.29. The van der Waals surface area contributed by atoms with Crippen LogP contribution in [-0.2, 0) is 11.2 Å². The molecule has 1 aromatic rings. The minimum Gasteiger partial charge on any atom is -0.443 e. The van der Waals surface area contributed by atoms with Crippen LogP contribution in [0, 0.1) is 0 Å². The minimum atomic E-state index is -0.463. The summed E-state index contributed by atoms with van der Waals surface area (Å²) in [5, 5.41) is 6.99. The van der Waals surface area contributed by atoms with Gasteiger partial charge in [0.2, 0.25) is 0 Å². The average molecular weight is 317 g/mol. The third-order valence-electron chi connectivity index (χ3n) is 4.30. The molecule has 1 fully saturated rings. The quantitative estimate of drug-likeness (QED) is 0.899. The maximum absolute atomic E-state index is 12.3. The lowest BCUT2D eigenvalue weighted by atomic mass is 10.1. The van der Waals surface area contributed by atoms with Crippen LogP contribution in [0.5, 0.6) is 0 Å². The molecule has 0 aromatic heterocycles. The highest BCUT2D eigenvalue weighted by Crippen LogP contribution is 2.31. The van der Waals surface area contributed by atoms with Crippen LogP contribution in [0.4, 0.5) is 16.2 Å². The minimum absolute atomic E-state index is 0.257. The molecule has 5 nitrogen and oxygen atoms in total. The van der Waals surface area contributed by atoms with Crippen molar-refractivity contribution in [3.05, 3.63) is 23.8 Å². The molecule has 2 heterocycles. The van der Waals surface area contributed by atoms with Gasteiger partial charge in [-0.2, -0.15) is 0 Å². The van der Waals surface area contributed by atoms with E-state index in [9.17, 15) is 4.79 Å². The SMILES string of the molecule is CC(C)(C)OC(=O)N1CCc2cc(NCC3CCCN3)ccc21. The molecule has 23 heavy (non-hydrogen) atoms. The molecule has 2 N–H and O–H groups in total. The first kappa shape index (κ1) is 16.1. The van der Waals surface area contributed by atoms with Crippen molar-refractivity contribution < 1.29 is 9.53 Å². The summed E-state index contributed by atoms with van der Waals surface area (Å²) in [6.45, 7) is 8.46. The molecule has 0 saturated carbocycles. The second-order valence-corrected chi connectivity index (χ2v) is 7.40. The van der Waals surface area contributed by atoms with Crippen molar-refractivity contribution in [3.8, 4) is 0 Å². The molecule has 1 aromatic carbocycles. The summed E-state index contributed by atoms with van der Waals surface area (Å²) in [6, 6.07) is 6.81. The highest BCUT2D eigenvalue weighted by molar-refractivity contribution is 5.91. The number of nitrogens with one attached hydrogen (secondary N) is 2. The van der Waals surface area contributed by atoms with Crippen molar-refractivity contribution in [3.63, 3.8) is 0 Å². The van der Waals surface area contributed by atoms with Gasteiger partial charge in [-0.15, -0.1) is 0 Å². The molecule has 126 valence electrons. The zero-order valence-corrected chi connectivity index (χ0v) is 14.3. The van der Waals surface area contributed by atoms with Crippen molar-refractivity contribution in [2.45, 2.75) is 51.7 Å². The van der Waals surface area contributed by atoms with Crippen LogP contribution in [0.3, 0.4) is 0 Å². The molecular formula is C18H27N3O2. The zero-order valence-electron chi connectivity index (χ0n) is 14.3. The van der Waals surface area contributed by atoms with Gasteiger partial charge in [0.1, 0.15) is 5.60 Å². The van der Waals surface area contributed by atoms with E-state index in [1.165, 1.54) is 18.4 Å². The second-order valence-electron chi connectivity index (χ2n) is 7.40. The number of rotatable bonds is 3. The number of hydrogen-bond acceptors (Lipinski definition) is 4. The molecule has 0 radical (unpaired) electrons. The fraction of sp³-hybridized carbons (Fsp3) is 0.611. The summed E-state index contributed by atoms with van der Waals surface area (Å²) in [4.78, 5) is 14.0. The Kier molecular flexibility index (Phi) is 4.48. The molecule has 5 heteroatoms. The standard InChI is InChI=1S/C18H27N3O2/c1-18(2,3)23-17(22)21-10-8-13-11-14(6-7-16(13)21)20-12-15-5-4-9-19-15/h6-7,11,15,19-20H,4-5,8-10,12H2,1-3H3. The lowest BCUT2D eigenvalue weighted by Crippen LogP contribution is -2.35. The maximum atomic E-state index is 12.3. The van der Waals surface area contributed by atoms with Crippen LogP contribution in [0.15, 0.2) is 18.2 Å². The monoisotopic (exact) mass is 317 g/mol. The predicted octanol–water partition coefficient (Wildman–Crippen LogP) is 3.15. The van der Waals surface area contributed by atoms with Gasteiger partial charge in [0.05, 0.1) is 5.69 Å². The fourth-order valence-corrected chi connectivity index (χ4v) is 3.19. The Morgan fingerprint density at radius 3 is 2.96 bits per heavy atom. The van der Waals surface area contributed by atoms with Crippen LogP contribution in [0.25, 0.3) is 0 Å². The van der Waals surface area contributed by atoms with Crippen LogP contribution in [0.2, 0.25) is 0 Å². The van der Waals surface area contributed by atoms with E-state index >= 15 is 0 Å². The second kappa shape index (κ2) is 6.40. The summed E-state index contributed by atoms with van der Waals surface area (Å²) in [6.07, 6.45) is 3.13. The van der Waals surface area contributed by atoms with E-state index in [1.807, 2.05) is 26.8 Å². The van der Waals surface area contributed by atoms with Gasteiger partial charge in [-0.05, 0) is 70.3 Å². The van der Waals surface area contributed by atoms with Crippen LogP contribution < -0.4 is 15.5 Å². The molecule has 2 aliphatic heterocycles. The first-order chi connectivity index (χ1) is 10.9. The zero-order chi connectivity index (χ0) is 16.4. The van der Waals surface area contributed by atoms with Gasteiger partial charge < -0.3 is 15.4 Å². The Labute approximate surface area is 138 Å². The van der Waals surface area contributed by atoms with Crippen LogP contribution in [-0.4, -0.2) is 37.4 Å². The van der Waals surface area contributed by atoms with Gasteiger partial charge >= 0.3 is 6.09 Å². The predicted molar refractivity (Wildman–Crippen MR) is 93.2 cm³/mol. The van der Waals surface area contributed by atoms with E-state index in [1.54, 1.807) is 4.90 Å². The van der Waals surface area contributed by atoms with Crippen molar-refractivity contribution in [1.82, 2.24) is 5.32 Å². The largest absolute Gasteiger partial charge is 0.443 e. The molecule has 1 saturated heterocycles. The van der Waals surface area contributed by atoms with E-state index in [-0.39, 0.29) is 6.09 Å². The molecule has 1 unspecified atom stereocenters. The van der Waals surface area contributed by atoms with E-state index < -0.39 is 5.60 Å². The fourth-order valence-electron chi connectivity index (χ4n) is 3.19. The van der Waals surface area contributed by atoms with Crippen molar-refractivity contribution in [2.24, 2.45) is 0 Å². The topological polar surface area (TPSA) is 53.6 Å². The molecule has 3 rings (SSSR count). The number of carbonyl (C=O) groups excluding carboxylic acids is 1. The van der Waals surface area contributed by atoms with Gasteiger partial charge in [-0.1, -0.05) is 0 Å². The first-order valence-electron chi connectivity index (χ1n) is 8.53. The Morgan fingerprint density at radius 1 is 1.43 bits per heavy atom. The maximum Gasteiger partial charge on any atom is 0.414 e. The summed E-state index contributed by atoms with van der Waals surface area (Å²) >= 11 is 0. The smallest absolute Gasteiger partial charge is 0.414 e. The van der Waals surface area contributed by atoms with Crippen LogP contribution >= 0.6 is 0 Å². The summed E-state index contributed by atoms with van der Waals surface area (Å²) in [7, 11) is 0. The van der Waals surface area contributed by atoms with Crippen molar-refractivity contribution in [1.29, 1.82) is 0 Å². The molecule has 1 amide bonds. The Hall–Kier alpha value is -1.75. The third kappa shape index (κ3) is 3.96. The lowest BCUT2D eigenvalue weighted by molar-refractivity contribution is 0.0584. The Morgan fingerprint density at radius 2 is 2.26 bits per heavy atom. The Balaban J connectivity index is 1.64. The van der Waals surface area contributed by atoms with E-state index in [0.29, 0.717) is 12.6 Å². The molecule has 1 atom stereocenters. The van der Waals surface area contributed by atoms with Gasteiger partial charge in [0, 0.05) is 24.8 Å². The number of anilines is 2. The Bertz CT molecular complexity index is 574.